The Morgan fingerprint density at radius 3 is 2.52 bits per heavy atom. The summed E-state index contributed by atoms with van der Waals surface area (Å²) in [5, 5.41) is 0. The fourth-order valence-corrected chi connectivity index (χ4v) is 2.99. The summed E-state index contributed by atoms with van der Waals surface area (Å²) in [5.41, 5.74) is 1.56. The topological polar surface area (TPSA) is 93.6 Å². The molecule has 3 rings (SSSR count). The van der Waals surface area contributed by atoms with Crippen LogP contribution in [-0.4, -0.2) is 31.3 Å². The Labute approximate surface area is 144 Å². The zero-order valence-electron chi connectivity index (χ0n) is 13.5. The summed E-state index contributed by atoms with van der Waals surface area (Å²) < 4.78 is 26.9. The number of fused-ring (bicyclic) bond motifs is 1. The van der Waals surface area contributed by atoms with E-state index in [0.29, 0.717) is 16.9 Å². The number of aromatic nitrogens is 1. The van der Waals surface area contributed by atoms with Crippen molar-refractivity contribution in [2.75, 3.05) is 11.2 Å². The number of hydrogen-bond acceptors (Lipinski definition) is 6. The number of hydrogen-bond donors (Lipinski definition) is 0. The summed E-state index contributed by atoms with van der Waals surface area (Å²) in [4.78, 5) is 30.0. The van der Waals surface area contributed by atoms with Gasteiger partial charge in [0.25, 0.3) is 0 Å². The zero-order chi connectivity index (χ0) is 18.2. The molecular formula is C17H14N2O5S. The third-order valence-corrected chi connectivity index (χ3v) is 3.96. The number of carbonyl (C=O) groups is 2. The van der Waals surface area contributed by atoms with Crippen molar-refractivity contribution in [2.24, 2.45) is 0 Å². The van der Waals surface area contributed by atoms with Gasteiger partial charge in [-0.15, -0.1) is 0 Å². The van der Waals surface area contributed by atoms with Crippen molar-refractivity contribution in [1.82, 2.24) is 4.98 Å². The number of amides is 1. The molecule has 0 saturated heterocycles. The van der Waals surface area contributed by atoms with Gasteiger partial charge in [0, 0.05) is 12.5 Å². The summed E-state index contributed by atoms with van der Waals surface area (Å²) in [5.74, 6) is -0.500. The Kier molecular flexibility index (Phi) is 4.13. The third kappa shape index (κ3) is 3.43. The molecule has 128 valence electrons. The number of Topliss-reactive ketones (excluding diaryl/α,β-unsaturated/α-hetero) is 1. The number of nitrogens with zero attached hydrogens (tertiary/aromatic N) is 2. The van der Waals surface area contributed by atoms with Crippen LogP contribution in [0.1, 0.15) is 23.0 Å². The summed E-state index contributed by atoms with van der Waals surface area (Å²) >= 11 is 0. The predicted octanol–water partition coefficient (Wildman–Crippen LogP) is 2.01. The largest absolute Gasteiger partial charge is 0.381 e. The second-order valence-electron chi connectivity index (χ2n) is 5.44. The van der Waals surface area contributed by atoms with Gasteiger partial charge in [0.15, 0.2) is 5.75 Å². The molecule has 0 bridgehead atoms. The summed E-state index contributed by atoms with van der Waals surface area (Å²) in [6.45, 7) is 1.37. The minimum atomic E-state index is -3.64. The quantitative estimate of drug-likeness (QED) is 0.615. The molecule has 1 amide bonds. The first-order valence-electron chi connectivity index (χ1n) is 7.28. The number of pyridine rings is 1. The highest BCUT2D eigenvalue weighted by atomic mass is 32.2. The number of para-hydroxylation sites is 1. The maximum atomic E-state index is 12.6. The van der Waals surface area contributed by atoms with Gasteiger partial charge >= 0.3 is 10.1 Å². The monoisotopic (exact) mass is 358 g/mol. The van der Waals surface area contributed by atoms with Gasteiger partial charge < -0.3 is 4.18 Å². The maximum absolute atomic E-state index is 12.6. The molecule has 0 unspecified atom stereocenters. The van der Waals surface area contributed by atoms with Crippen molar-refractivity contribution >= 4 is 33.6 Å². The van der Waals surface area contributed by atoms with Gasteiger partial charge in [-0.05, 0) is 30.3 Å². The highest BCUT2D eigenvalue weighted by Crippen LogP contribution is 2.35. The highest BCUT2D eigenvalue weighted by Gasteiger charge is 2.34. The van der Waals surface area contributed by atoms with Crippen molar-refractivity contribution in [2.45, 2.75) is 6.92 Å². The first kappa shape index (κ1) is 16.8. The number of allylic oxidation sites excluding steroid dienone is 1. The molecular weight excluding hydrogens is 344 g/mol. The van der Waals surface area contributed by atoms with Crippen LogP contribution >= 0.6 is 0 Å². The van der Waals surface area contributed by atoms with Crippen LogP contribution in [-0.2, 0) is 14.9 Å². The SMILES string of the molecule is CC(=O)N1/C(=C\c2ccc(OS(C)(=O)=O)cn2)C(=O)c2ccccc21. The predicted molar refractivity (Wildman–Crippen MR) is 91.6 cm³/mol. The molecule has 8 heteroatoms. The minimum absolute atomic E-state index is 0.0640. The van der Waals surface area contributed by atoms with E-state index in [-0.39, 0.29) is 23.1 Å². The van der Waals surface area contributed by atoms with Gasteiger partial charge in [-0.3, -0.25) is 19.5 Å². The van der Waals surface area contributed by atoms with Crippen LogP contribution in [0.4, 0.5) is 5.69 Å². The average molecular weight is 358 g/mol. The Bertz CT molecular complexity index is 994. The molecule has 0 N–H and O–H groups in total. The molecule has 1 aliphatic heterocycles. The first-order chi connectivity index (χ1) is 11.8. The number of benzene rings is 1. The number of rotatable bonds is 3. The lowest BCUT2D eigenvalue weighted by molar-refractivity contribution is -0.116. The number of anilines is 1. The number of carbonyl (C=O) groups excluding carboxylic acids is 2. The second kappa shape index (κ2) is 6.14. The van der Waals surface area contributed by atoms with Crippen LogP contribution in [0.3, 0.4) is 0 Å². The highest BCUT2D eigenvalue weighted by molar-refractivity contribution is 7.86. The van der Waals surface area contributed by atoms with Gasteiger partial charge in [-0.2, -0.15) is 8.42 Å². The van der Waals surface area contributed by atoms with Crippen molar-refractivity contribution in [3.63, 3.8) is 0 Å². The van der Waals surface area contributed by atoms with E-state index < -0.39 is 10.1 Å². The van der Waals surface area contributed by atoms with Crippen LogP contribution in [0, 0.1) is 0 Å². The van der Waals surface area contributed by atoms with Crippen molar-refractivity contribution in [1.29, 1.82) is 0 Å². The zero-order valence-corrected chi connectivity index (χ0v) is 14.3. The molecule has 1 aromatic heterocycles. The van der Waals surface area contributed by atoms with Crippen LogP contribution in [0.15, 0.2) is 48.3 Å². The lowest BCUT2D eigenvalue weighted by Gasteiger charge is -2.15. The van der Waals surface area contributed by atoms with Crippen LogP contribution < -0.4 is 9.08 Å². The third-order valence-electron chi connectivity index (χ3n) is 3.47. The summed E-state index contributed by atoms with van der Waals surface area (Å²) in [6.07, 6.45) is 3.65. The summed E-state index contributed by atoms with van der Waals surface area (Å²) in [6, 6.07) is 9.76. The molecule has 0 saturated carbocycles. The van der Waals surface area contributed by atoms with Crippen molar-refractivity contribution in [3.05, 3.63) is 59.5 Å². The smallest absolute Gasteiger partial charge is 0.306 e. The van der Waals surface area contributed by atoms with Gasteiger partial charge in [-0.25, -0.2) is 0 Å². The molecule has 25 heavy (non-hydrogen) atoms. The van der Waals surface area contributed by atoms with Gasteiger partial charge in [-0.1, -0.05) is 12.1 Å². The maximum Gasteiger partial charge on any atom is 0.306 e. The molecule has 0 aliphatic carbocycles. The molecule has 1 aliphatic rings. The van der Waals surface area contributed by atoms with Crippen molar-refractivity contribution in [3.8, 4) is 5.75 Å². The van der Waals surface area contributed by atoms with Gasteiger partial charge in [0.05, 0.1) is 29.5 Å². The molecule has 2 heterocycles. The van der Waals surface area contributed by atoms with E-state index in [0.717, 1.165) is 6.26 Å². The van der Waals surface area contributed by atoms with E-state index in [9.17, 15) is 18.0 Å². The molecule has 0 fully saturated rings. The molecule has 2 aromatic rings. The average Bonchev–Trinajstić information content (AvgIpc) is 2.81. The number of ketones is 1. The van der Waals surface area contributed by atoms with Gasteiger partial charge in [0.1, 0.15) is 0 Å². The summed E-state index contributed by atoms with van der Waals surface area (Å²) in [7, 11) is -3.64. The van der Waals surface area contributed by atoms with Crippen LogP contribution in [0.25, 0.3) is 6.08 Å². The Morgan fingerprint density at radius 2 is 1.92 bits per heavy atom. The molecule has 7 nitrogen and oxygen atoms in total. The van der Waals surface area contributed by atoms with Crippen LogP contribution in [0.2, 0.25) is 0 Å². The van der Waals surface area contributed by atoms with Gasteiger partial charge in [0.2, 0.25) is 11.7 Å². The fourth-order valence-electron chi connectivity index (χ4n) is 2.54. The van der Waals surface area contributed by atoms with E-state index in [2.05, 4.69) is 4.98 Å². The van der Waals surface area contributed by atoms with E-state index in [1.165, 1.54) is 36.2 Å². The second-order valence-corrected chi connectivity index (χ2v) is 7.01. The lowest BCUT2D eigenvalue weighted by atomic mass is 10.1. The minimum Gasteiger partial charge on any atom is -0.381 e. The Hall–Kier alpha value is -3.00. The van der Waals surface area contributed by atoms with E-state index in [1.807, 2.05) is 0 Å². The lowest BCUT2D eigenvalue weighted by Crippen LogP contribution is -2.25. The molecule has 0 spiro atoms. The van der Waals surface area contributed by atoms with Crippen LogP contribution in [0.5, 0.6) is 5.75 Å². The Balaban J connectivity index is 1.98. The molecule has 0 atom stereocenters. The first-order valence-corrected chi connectivity index (χ1v) is 9.09. The van der Waals surface area contributed by atoms with E-state index in [1.54, 1.807) is 24.3 Å². The van der Waals surface area contributed by atoms with Crippen molar-refractivity contribution < 1.29 is 22.2 Å². The fraction of sp³-hybridized carbons (Fsp3) is 0.118. The van der Waals surface area contributed by atoms with E-state index >= 15 is 0 Å². The van der Waals surface area contributed by atoms with E-state index in [4.69, 9.17) is 4.18 Å². The standard InChI is InChI=1S/C17H14N2O5S/c1-11(20)19-15-6-4-3-5-14(15)17(21)16(19)9-12-7-8-13(10-18-12)24-25(2,22)23/h3-10H,1-2H3/b16-9-. The molecule has 1 aromatic carbocycles. The molecule has 0 radical (unpaired) electrons. The normalized spacial score (nSPS) is 15.4. The Morgan fingerprint density at radius 1 is 1.20 bits per heavy atom.